The number of hydrogen-bond donors (Lipinski definition) is 1. The lowest BCUT2D eigenvalue weighted by atomic mass is 9.82. The van der Waals surface area contributed by atoms with Crippen molar-refractivity contribution in [1.82, 2.24) is 9.97 Å². The van der Waals surface area contributed by atoms with Gasteiger partial charge in [0, 0.05) is 18.5 Å². The Labute approximate surface area is 127 Å². The average molecular weight is 296 g/mol. The molecule has 1 fully saturated rings. The highest BCUT2D eigenvalue weighted by Crippen LogP contribution is 2.29. The monoisotopic (exact) mass is 295 g/mol. The lowest BCUT2D eigenvalue weighted by Gasteiger charge is -2.27. The standard InChI is InChI=1S/C16H26ClN3/c1-4-6-14-19-15(17)12(3)16(20-14)18-10-13-8-5-7-11(2)9-13/h11,13H,4-10H2,1-3H3,(H,18,19,20). The quantitative estimate of drug-likeness (QED) is 0.805. The highest BCUT2D eigenvalue weighted by Gasteiger charge is 2.19. The summed E-state index contributed by atoms with van der Waals surface area (Å²) in [5, 5.41) is 4.09. The molecule has 0 aromatic carbocycles. The molecule has 1 aliphatic rings. The van der Waals surface area contributed by atoms with E-state index in [4.69, 9.17) is 11.6 Å². The molecule has 1 aromatic rings. The SMILES string of the molecule is CCCc1nc(Cl)c(C)c(NCC2CCCC(C)C2)n1. The number of halogens is 1. The van der Waals surface area contributed by atoms with Crippen molar-refractivity contribution in [3.05, 3.63) is 16.5 Å². The summed E-state index contributed by atoms with van der Waals surface area (Å²) in [5.41, 5.74) is 0.968. The van der Waals surface area contributed by atoms with Crippen LogP contribution in [0.3, 0.4) is 0 Å². The number of hydrogen-bond acceptors (Lipinski definition) is 3. The third-order valence-corrected chi connectivity index (χ3v) is 4.58. The van der Waals surface area contributed by atoms with E-state index in [2.05, 4.69) is 29.1 Å². The summed E-state index contributed by atoms with van der Waals surface area (Å²) in [6.07, 6.45) is 7.32. The van der Waals surface area contributed by atoms with Crippen LogP contribution in [0.5, 0.6) is 0 Å². The van der Waals surface area contributed by atoms with Gasteiger partial charge in [0.1, 0.15) is 16.8 Å². The minimum absolute atomic E-state index is 0.586. The molecule has 0 aliphatic heterocycles. The molecular weight excluding hydrogens is 270 g/mol. The fourth-order valence-electron chi connectivity index (χ4n) is 3.03. The first-order valence-electron chi connectivity index (χ1n) is 7.87. The number of nitrogens with zero attached hydrogens (tertiary/aromatic N) is 2. The zero-order chi connectivity index (χ0) is 14.5. The smallest absolute Gasteiger partial charge is 0.137 e. The Kier molecular flexibility index (Phi) is 5.64. The van der Waals surface area contributed by atoms with Crippen molar-refractivity contribution in [2.75, 3.05) is 11.9 Å². The van der Waals surface area contributed by atoms with E-state index < -0.39 is 0 Å². The van der Waals surface area contributed by atoms with E-state index >= 15 is 0 Å². The molecule has 1 aliphatic carbocycles. The highest BCUT2D eigenvalue weighted by atomic mass is 35.5. The van der Waals surface area contributed by atoms with Gasteiger partial charge < -0.3 is 5.32 Å². The van der Waals surface area contributed by atoms with Crippen LogP contribution in [-0.4, -0.2) is 16.5 Å². The van der Waals surface area contributed by atoms with E-state index in [1.165, 1.54) is 25.7 Å². The second-order valence-electron chi connectivity index (χ2n) is 6.17. The molecule has 2 rings (SSSR count). The van der Waals surface area contributed by atoms with Gasteiger partial charge in [0.25, 0.3) is 0 Å². The molecule has 112 valence electrons. The lowest BCUT2D eigenvalue weighted by molar-refractivity contribution is 0.293. The minimum Gasteiger partial charge on any atom is -0.369 e. The number of aromatic nitrogens is 2. The van der Waals surface area contributed by atoms with Crippen molar-refractivity contribution >= 4 is 17.4 Å². The predicted molar refractivity (Wildman–Crippen MR) is 85.4 cm³/mol. The Morgan fingerprint density at radius 3 is 2.80 bits per heavy atom. The van der Waals surface area contributed by atoms with Crippen LogP contribution in [0.1, 0.15) is 57.3 Å². The number of nitrogens with one attached hydrogen (secondary N) is 1. The zero-order valence-electron chi connectivity index (χ0n) is 12.9. The van der Waals surface area contributed by atoms with Gasteiger partial charge in [-0.3, -0.25) is 0 Å². The molecular formula is C16H26ClN3. The fraction of sp³-hybridized carbons (Fsp3) is 0.750. The second kappa shape index (κ2) is 7.26. The summed E-state index contributed by atoms with van der Waals surface area (Å²) in [5.74, 6) is 3.40. The van der Waals surface area contributed by atoms with Gasteiger partial charge in [0.05, 0.1) is 0 Å². The first-order chi connectivity index (χ1) is 9.60. The average Bonchev–Trinajstić information content (AvgIpc) is 2.41. The highest BCUT2D eigenvalue weighted by molar-refractivity contribution is 6.30. The summed E-state index contributed by atoms with van der Waals surface area (Å²) in [6, 6.07) is 0. The summed E-state index contributed by atoms with van der Waals surface area (Å²) < 4.78 is 0. The van der Waals surface area contributed by atoms with Crippen LogP contribution in [-0.2, 0) is 6.42 Å². The second-order valence-corrected chi connectivity index (χ2v) is 6.53. The van der Waals surface area contributed by atoms with E-state index in [1.54, 1.807) is 0 Å². The molecule has 1 saturated carbocycles. The van der Waals surface area contributed by atoms with Gasteiger partial charge >= 0.3 is 0 Å². The summed E-state index contributed by atoms with van der Waals surface area (Å²) in [4.78, 5) is 8.96. The first-order valence-corrected chi connectivity index (χ1v) is 8.24. The van der Waals surface area contributed by atoms with Crippen molar-refractivity contribution in [3.8, 4) is 0 Å². The summed E-state index contributed by atoms with van der Waals surface area (Å²) >= 11 is 6.21. The molecule has 20 heavy (non-hydrogen) atoms. The van der Waals surface area contributed by atoms with Crippen LogP contribution in [0, 0.1) is 18.8 Å². The molecule has 0 bridgehead atoms. The van der Waals surface area contributed by atoms with Crippen molar-refractivity contribution in [1.29, 1.82) is 0 Å². The van der Waals surface area contributed by atoms with Crippen molar-refractivity contribution in [2.45, 2.75) is 59.3 Å². The Balaban J connectivity index is 2.00. The topological polar surface area (TPSA) is 37.8 Å². The third-order valence-electron chi connectivity index (χ3n) is 4.21. The Morgan fingerprint density at radius 2 is 2.10 bits per heavy atom. The van der Waals surface area contributed by atoms with E-state index in [9.17, 15) is 0 Å². The maximum absolute atomic E-state index is 6.21. The molecule has 4 heteroatoms. The predicted octanol–water partition coefficient (Wildman–Crippen LogP) is 4.63. The molecule has 1 N–H and O–H groups in total. The molecule has 0 radical (unpaired) electrons. The molecule has 2 atom stereocenters. The van der Waals surface area contributed by atoms with Crippen LogP contribution in [0.2, 0.25) is 5.15 Å². The van der Waals surface area contributed by atoms with Crippen LogP contribution in [0.4, 0.5) is 5.82 Å². The number of aryl methyl sites for hydroxylation is 1. The van der Waals surface area contributed by atoms with Gasteiger partial charge in [0.15, 0.2) is 0 Å². The number of rotatable bonds is 5. The van der Waals surface area contributed by atoms with E-state index in [0.717, 1.165) is 48.4 Å². The van der Waals surface area contributed by atoms with Crippen molar-refractivity contribution in [2.24, 2.45) is 11.8 Å². The Morgan fingerprint density at radius 1 is 1.30 bits per heavy atom. The van der Waals surface area contributed by atoms with Gasteiger partial charge in [-0.1, -0.05) is 38.3 Å². The van der Waals surface area contributed by atoms with Crippen LogP contribution < -0.4 is 5.32 Å². The van der Waals surface area contributed by atoms with Crippen LogP contribution in [0.15, 0.2) is 0 Å². The first kappa shape index (κ1) is 15.6. The number of anilines is 1. The largest absolute Gasteiger partial charge is 0.369 e. The summed E-state index contributed by atoms with van der Waals surface area (Å²) in [7, 11) is 0. The molecule has 0 spiro atoms. The van der Waals surface area contributed by atoms with Gasteiger partial charge in [-0.2, -0.15) is 0 Å². The molecule has 1 heterocycles. The van der Waals surface area contributed by atoms with Crippen LogP contribution >= 0.6 is 11.6 Å². The summed E-state index contributed by atoms with van der Waals surface area (Å²) in [6.45, 7) is 7.49. The molecule has 2 unspecified atom stereocenters. The normalized spacial score (nSPS) is 22.8. The Bertz CT molecular complexity index is 448. The molecule has 0 amide bonds. The maximum atomic E-state index is 6.21. The van der Waals surface area contributed by atoms with Gasteiger partial charge in [-0.05, 0) is 38.0 Å². The van der Waals surface area contributed by atoms with E-state index in [1.807, 2.05) is 6.92 Å². The van der Waals surface area contributed by atoms with Crippen molar-refractivity contribution < 1.29 is 0 Å². The van der Waals surface area contributed by atoms with Gasteiger partial charge in [0.2, 0.25) is 0 Å². The van der Waals surface area contributed by atoms with E-state index in [0.29, 0.717) is 5.15 Å². The maximum Gasteiger partial charge on any atom is 0.137 e. The molecule has 0 saturated heterocycles. The van der Waals surface area contributed by atoms with E-state index in [-0.39, 0.29) is 0 Å². The molecule has 1 aromatic heterocycles. The lowest BCUT2D eigenvalue weighted by Crippen LogP contribution is -2.22. The fourth-order valence-corrected chi connectivity index (χ4v) is 3.21. The zero-order valence-corrected chi connectivity index (χ0v) is 13.6. The molecule has 3 nitrogen and oxygen atoms in total. The van der Waals surface area contributed by atoms with Crippen molar-refractivity contribution in [3.63, 3.8) is 0 Å². The van der Waals surface area contributed by atoms with Gasteiger partial charge in [-0.15, -0.1) is 0 Å². The minimum atomic E-state index is 0.586. The third kappa shape index (κ3) is 4.08. The van der Waals surface area contributed by atoms with Crippen LogP contribution in [0.25, 0.3) is 0 Å². The van der Waals surface area contributed by atoms with Gasteiger partial charge in [-0.25, -0.2) is 9.97 Å². The Hall–Kier alpha value is -0.830.